The van der Waals surface area contributed by atoms with Crippen LogP contribution < -0.4 is 15.4 Å². The maximum Gasteiger partial charge on any atom is 0.257 e. The number of aromatic nitrogens is 1. The van der Waals surface area contributed by atoms with Crippen LogP contribution in [0.3, 0.4) is 0 Å². The summed E-state index contributed by atoms with van der Waals surface area (Å²) >= 11 is 1.56. The molecule has 0 unspecified atom stereocenters. The molecule has 7 nitrogen and oxygen atoms in total. The Kier molecular flexibility index (Phi) is 8.87. The van der Waals surface area contributed by atoms with Crippen molar-refractivity contribution in [3.63, 3.8) is 0 Å². The van der Waals surface area contributed by atoms with Crippen LogP contribution in [0.15, 0.2) is 41.4 Å². The van der Waals surface area contributed by atoms with Gasteiger partial charge in [-0.1, -0.05) is 6.07 Å². The summed E-state index contributed by atoms with van der Waals surface area (Å²) in [6, 6.07) is 8.47. The molecule has 0 atom stereocenters. The van der Waals surface area contributed by atoms with Crippen LogP contribution >= 0.6 is 11.8 Å². The number of carbonyl (C=O) groups excluding carboxylic acids is 2. The van der Waals surface area contributed by atoms with Crippen LogP contribution in [0.1, 0.15) is 48.9 Å². The van der Waals surface area contributed by atoms with Gasteiger partial charge in [-0.2, -0.15) is 0 Å². The lowest BCUT2D eigenvalue weighted by Crippen LogP contribution is -2.43. The Bertz CT molecular complexity index is 935. The summed E-state index contributed by atoms with van der Waals surface area (Å²) in [5.74, 6) is -0.558. The molecule has 0 spiro atoms. The Balaban J connectivity index is 1.59. The molecular formula is C23H28FN3O4S. The largest absolute Gasteiger partial charge is 0.438 e. The molecule has 3 rings (SSSR count). The van der Waals surface area contributed by atoms with Gasteiger partial charge in [0.05, 0.1) is 6.20 Å². The molecule has 1 aromatic carbocycles. The molecule has 0 aliphatic heterocycles. The number of hydrogen-bond acceptors (Lipinski definition) is 6. The zero-order chi connectivity index (χ0) is 22.9. The number of thioether (sulfide) groups is 1. The molecule has 0 radical (unpaired) electrons. The number of halogens is 1. The average molecular weight is 462 g/mol. The molecule has 1 saturated carbocycles. The van der Waals surface area contributed by atoms with E-state index in [1.165, 1.54) is 0 Å². The first-order valence-corrected chi connectivity index (χ1v) is 11.9. The van der Waals surface area contributed by atoms with Gasteiger partial charge < -0.3 is 20.5 Å². The predicted octanol–water partition coefficient (Wildman–Crippen LogP) is 3.66. The fourth-order valence-electron chi connectivity index (χ4n) is 3.63. The predicted molar refractivity (Wildman–Crippen MR) is 120 cm³/mol. The van der Waals surface area contributed by atoms with E-state index in [0.29, 0.717) is 31.4 Å². The van der Waals surface area contributed by atoms with Gasteiger partial charge in [0, 0.05) is 30.0 Å². The van der Waals surface area contributed by atoms with E-state index in [-0.39, 0.29) is 36.0 Å². The molecule has 32 heavy (non-hydrogen) atoms. The number of aliphatic hydroxyl groups is 1. The fraction of sp³-hybridized carbons (Fsp3) is 0.435. The van der Waals surface area contributed by atoms with E-state index in [1.54, 1.807) is 17.8 Å². The third-order valence-electron chi connectivity index (χ3n) is 5.31. The van der Waals surface area contributed by atoms with E-state index >= 15 is 0 Å². The summed E-state index contributed by atoms with van der Waals surface area (Å²) in [5.41, 5.74) is 0.0407. The first-order chi connectivity index (χ1) is 15.5. The maximum atomic E-state index is 13.8. The molecule has 2 aromatic rings. The monoisotopic (exact) mass is 461 g/mol. The minimum atomic E-state index is -0.616. The second-order valence-electron chi connectivity index (χ2n) is 7.70. The zero-order valence-corrected chi connectivity index (χ0v) is 18.8. The van der Waals surface area contributed by atoms with Gasteiger partial charge >= 0.3 is 0 Å². The number of nitrogens with one attached hydrogen (secondary N) is 2. The van der Waals surface area contributed by atoms with Crippen molar-refractivity contribution in [2.45, 2.75) is 55.5 Å². The van der Waals surface area contributed by atoms with Crippen LogP contribution in [0, 0.1) is 5.82 Å². The van der Waals surface area contributed by atoms with E-state index in [4.69, 9.17) is 9.84 Å². The number of nitrogens with zero attached hydrogens (tertiary/aromatic N) is 1. The number of carbonyl (C=O) groups is 2. The Morgan fingerprint density at radius 1 is 1.19 bits per heavy atom. The molecule has 1 heterocycles. The molecule has 1 aliphatic carbocycles. The highest BCUT2D eigenvalue weighted by Gasteiger charge is 2.25. The number of aliphatic hydroxyl groups excluding tert-OH is 1. The number of benzene rings is 1. The third kappa shape index (κ3) is 6.93. The smallest absolute Gasteiger partial charge is 0.257 e. The summed E-state index contributed by atoms with van der Waals surface area (Å²) in [7, 11) is 0. The van der Waals surface area contributed by atoms with Crippen molar-refractivity contribution in [3.8, 4) is 11.6 Å². The number of amides is 2. The topological polar surface area (TPSA) is 101 Å². The van der Waals surface area contributed by atoms with E-state index in [2.05, 4.69) is 15.6 Å². The number of rotatable bonds is 9. The number of hydrogen-bond donors (Lipinski definition) is 3. The lowest BCUT2D eigenvalue weighted by Gasteiger charge is -2.29. The van der Waals surface area contributed by atoms with Crippen molar-refractivity contribution >= 4 is 23.6 Å². The first kappa shape index (κ1) is 24.0. The molecule has 3 N–H and O–H groups in total. The summed E-state index contributed by atoms with van der Waals surface area (Å²) in [6.45, 7) is -0.00413. The second kappa shape index (κ2) is 11.8. The Labute approximate surface area is 191 Å². The molecule has 9 heteroatoms. The quantitative estimate of drug-likeness (QED) is 0.493. The van der Waals surface area contributed by atoms with Crippen molar-refractivity contribution < 1.29 is 23.8 Å². The first-order valence-electron chi connectivity index (χ1n) is 10.7. The fourth-order valence-corrected chi connectivity index (χ4v) is 4.08. The van der Waals surface area contributed by atoms with E-state index in [0.717, 1.165) is 30.0 Å². The Hall–Kier alpha value is -2.65. The third-order valence-corrected chi connectivity index (χ3v) is 6.03. The highest BCUT2D eigenvalue weighted by atomic mass is 32.2. The van der Waals surface area contributed by atoms with Gasteiger partial charge in [-0.15, -0.1) is 11.8 Å². The Morgan fingerprint density at radius 2 is 1.91 bits per heavy atom. The minimum Gasteiger partial charge on any atom is -0.438 e. The second-order valence-corrected chi connectivity index (χ2v) is 8.58. The molecule has 0 saturated heterocycles. The Morgan fingerprint density at radius 3 is 2.59 bits per heavy atom. The number of pyridine rings is 1. The summed E-state index contributed by atoms with van der Waals surface area (Å²) in [6.07, 6.45) is 6.60. The summed E-state index contributed by atoms with van der Waals surface area (Å²) < 4.78 is 19.6. The molecule has 1 aromatic heterocycles. The SMILES string of the molecule is CSc1cccc(Oc2ncc(F)cc2C(=O)NC2CCC(NC(=O)CCCO)CC2)c1. The molecule has 2 amide bonds. The summed E-state index contributed by atoms with van der Waals surface area (Å²) in [4.78, 5) is 29.7. The molecular weight excluding hydrogens is 433 g/mol. The van der Waals surface area contributed by atoms with Crippen LogP contribution in [-0.4, -0.2) is 46.9 Å². The van der Waals surface area contributed by atoms with Gasteiger partial charge in [-0.05, 0) is 62.6 Å². The average Bonchev–Trinajstić information content (AvgIpc) is 2.80. The zero-order valence-electron chi connectivity index (χ0n) is 18.0. The lowest BCUT2D eigenvalue weighted by atomic mass is 9.91. The minimum absolute atomic E-state index is 0.00413. The van der Waals surface area contributed by atoms with Gasteiger partial charge in [0.25, 0.3) is 5.91 Å². The van der Waals surface area contributed by atoms with Gasteiger partial charge in [-0.3, -0.25) is 9.59 Å². The molecule has 1 fully saturated rings. The highest BCUT2D eigenvalue weighted by molar-refractivity contribution is 7.98. The highest BCUT2D eigenvalue weighted by Crippen LogP contribution is 2.27. The van der Waals surface area contributed by atoms with Gasteiger partial charge in [-0.25, -0.2) is 9.37 Å². The van der Waals surface area contributed by atoms with E-state index in [9.17, 15) is 14.0 Å². The van der Waals surface area contributed by atoms with Crippen molar-refractivity contribution in [2.75, 3.05) is 12.9 Å². The van der Waals surface area contributed by atoms with Crippen LogP contribution in [0.25, 0.3) is 0 Å². The van der Waals surface area contributed by atoms with E-state index in [1.807, 2.05) is 24.5 Å². The summed E-state index contributed by atoms with van der Waals surface area (Å²) in [5, 5.41) is 14.7. The van der Waals surface area contributed by atoms with Gasteiger partial charge in [0.2, 0.25) is 11.8 Å². The van der Waals surface area contributed by atoms with Crippen molar-refractivity contribution in [1.29, 1.82) is 0 Å². The lowest BCUT2D eigenvalue weighted by molar-refractivity contribution is -0.122. The van der Waals surface area contributed by atoms with Crippen LogP contribution in [0.4, 0.5) is 4.39 Å². The standard InChI is InChI=1S/C23H28FN3O4S/c1-32-19-5-2-4-18(13-19)31-23-20(12-15(24)14-25-23)22(30)27-17-9-7-16(8-10-17)26-21(29)6-3-11-28/h2,4-5,12-14,16-17,28H,3,6-11H2,1H3,(H,26,29)(H,27,30). The normalized spacial score (nSPS) is 18.1. The molecule has 172 valence electrons. The number of ether oxygens (including phenoxy) is 1. The van der Waals surface area contributed by atoms with Crippen LogP contribution in [-0.2, 0) is 4.79 Å². The van der Waals surface area contributed by atoms with E-state index < -0.39 is 11.7 Å². The molecule has 1 aliphatic rings. The van der Waals surface area contributed by atoms with Crippen LogP contribution in [0.2, 0.25) is 0 Å². The van der Waals surface area contributed by atoms with Crippen molar-refractivity contribution in [1.82, 2.24) is 15.6 Å². The van der Waals surface area contributed by atoms with Gasteiger partial charge in [0.1, 0.15) is 17.1 Å². The van der Waals surface area contributed by atoms with Gasteiger partial charge in [0.15, 0.2) is 0 Å². The maximum absolute atomic E-state index is 13.8. The van der Waals surface area contributed by atoms with Crippen LogP contribution in [0.5, 0.6) is 11.6 Å². The molecule has 0 bridgehead atoms. The van der Waals surface area contributed by atoms with Crippen molar-refractivity contribution in [3.05, 3.63) is 47.9 Å². The van der Waals surface area contributed by atoms with Crippen molar-refractivity contribution in [2.24, 2.45) is 0 Å².